The molecule has 18 heteroatoms. The van der Waals surface area contributed by atoms with E-state index >= 15 is 0 Å². The van der Waals surface area contributed by atoms with Crippen molar-refractivity contribution in [3.05, 3.63) is 30.0 Å². The third kappa shape index (κ3) is 5.98. The van der Waals surface area contributed by atoms with Crippen LogP contribution in [0.1, 0.15) is 6.23 Å². The second-order valence-corrected chi connectivity index (χ2v) is 15.4. The van der Waals surface area contributed by atoms with Gasteiger partial charge < -0.3 is 34.7 Å². The molecule has 198 valence electrons. The molecular weight excluding hydrogens is 557 g/mol. The molecule has 0 amide bonds. The van der Waals surface area contributed by atoms with E-state index in [1.165, 1.54) is 22.2 Å². The third-order valence-electron chi connectivity index (χ3n) is 5.11. The number of nitrogens with zero attached hydrogens (tertiary/aromatic N) is 3. The Morgan fingerprint density at radius 3 is 2.50 bits per heavy atom. The molecule has 3 aromatic heterocycles. The summed E-state index contributed by atoms with van der Waals surface area (Å²) in [6.07, 6.45) is -2.23. The lowest BCUT2D eigenvalue weighted by atomic mass is 10.1. The number of aliphatic hydroxyl groups is 2. The summed E-state index contributed by atoms with van der Waals surface area (Å²) in [6.45, 7) is 2.12. The first-order valence-corrected chi connectivity index (χ1v) is 17.2. The number of hydrogen-bond acceptors (Lipinski definition) is 13. The average molecular weight is 582 g/mol. The fraction of sp³-hybridized carbons (Fsp3) is 0.444. The molecule has 0 spiro atoms. The fourth-order valence-corrected chi connectivity index (χ4v) is 9.90. The molecule has 1 aliphatic heterocycles. The van der Waals surface area contributed by atoms with Crippen LogP contribution in [-0.4, -0.2) is 74.6 Å². The summed E-state index contributed by atoms with van der Waals surface area (Å²) < 4.78 is 58.2. The Bertz CT molecular complexity index is 1390. The molecule has 36 heavy (non-hydrogen) atoms. The largest absolute Gasteiger partial charge is 0.387 e. The second kappa shape index (κ2) is 10.0. The van der Waals surface area contributed by atoms with Crippen LogP contribution in [0.15, 0.2) is 30.0 Å². The molecule has 0 bridgehead atoms. The van der Waals surface area contributed by atoms with E-state index in [9.17, 15) is 28.8 Å². The van der Waals surface area contributed by atoms with Crippen LogP contribution in [0, 0.1) is 0 Å². The second-order valence-electron chi connectivity index (χ2n) is 8.24. The number of aromatic nitrogens is 3. The average Bonchev–Trinajstić information content (AvgIpc) is 3.44. The lowest BCUT2D eigenvalue weighted by Gasteiger charge is -2.22. The Balaban J connectivity index is 1.54. The number of fused-ring (bicyclic) bond motifs is 1. The zero-order valence-electron chi connectivity index (χ0n) is 19.3. The van der Waals surface area contributed by atoms with Gasteiger partial charge in [0.05, 0.1) is 12.0 Å². The van der Waals surface area contributed by atoms with E-state index in [1.54, 1.807) is 6.20 Å². The van der Waals surface area contributed by atoms with Gasteiger partial charge in [0.2, 0.25) is 0 Å². The number of anilines is 1. The molecule has 1 aliphatic rings. The number of nitrogens with two attached hydrogens (primary N) is 1. The van der Waals surface area contributed by atoms with Crippen LogP contribution in [0.3, 0.4) is 0 Å². The van der Waals surface area contributed by atoms with Crippen molar-refractivity contribution >= 4 is 51.0 Å². The van der Waals surface area contributed by atoms with Crippen molar-refractivity contribution < 1.29 is 46.7 Å². The Labute approximate surface area is 209 Å². The van der Waals surface area contributed by atoms with E-state index < -0.39 is 53.9 Å². The van der Waals surface area contributed by atoms with Crippen LogP contribution < -0.4 is 5.73 Å². The molecule has 0 aliphatic carbocycles. The number of aliphatic hydroxyl groups excluding tert-OH is 2. The molecule has 0 radical (unpaired) electrons. The van der Waals surface area contributed by atoms with Gasteiger partial charge in [-0.2, -0.15) is 0 Å². The standard InChI is InChI=1S/C18H25N4O10P3S/c1-33(25,26)31-35(3,28)32-34(2,27)29-8-11-14(23)15(24)18(30-11)22-7-10(12-5-4-6-36-12)13-16(19)20-9-21-17(13)22/h4-7,9,11,14-15,18,23-24H,8H2,1-3H3,(H,25,26)(H2,19,20,21). The first-order chi connectivity index (χ1) is 16.7. The highest BCUT2D eigenvalue weighted by Gasteiger charge is 2.46. The predicted octanol–water partition coefficient (Wildman–Crippen LogP) is 2.87. The fourth-order valence-electron chi connectivity index (χ4n) is 3.81. The Kier molecular flexibility index (Phi) is 7.67. The minimum Gasteiger partial charge on any atom is -0.387 e. The van der Waals surface area contributed by atoms with E-state index in [2.05, 4.69) is 14.3 Å². The summed E-state index contributed by atoms with van der Waals surface area (Å²) in [4.78, 5) is 18.5. The lowest BCUT2D eigenvalue weighted by molar-refractivity contribution is -0.0478. The van der Waals surface area contributed by atoms with Crippen LogP contribution in [-0.2, 0) is 31.6 Å². The third-order valence-corrected chi connectivity index (χ3v) is 11.4. The molecule has 5 N–H and O–H groups in total. The van der Waals surface area contributed by atoms with Crippen molar-refractivity contribution in [2.24, 2.45) is 0 Å². The molecule has 0 aromatic carbocycles. The zero-order chi connectivity index (χ0) is 26.5. The van der Waals surface area contributed by atoms with Crippen molar-refractivity contribution in [1.82, 2.24) is 14.5 Å². The number of thiophene rings is 1. The quantitative estimate of drug-likeness (QED) is 0.268. The topological polar surface area (TPSA) is 206 Å². The molecule has 1 saturated heterocycles. The SMILES string of the molecule is CP(=O)(O)OP(C)(=O)OP(C)(=O)OCC1OC(n2cc(-c3cccs3)c3c(N)ncnc32)C(O)C1O. The number of ether oxygens (including phenoxy) is 1. The van der Waals surface area contributed by atoms with Gasteiger partial charge in [0.15, 0.2) is 6.23 Å². The maximum absolute atomic E-state index is 12.7. The summed E-state index contributed by atoms with van der Waals surface area (Å²) in [5.41, 5.74) is 7.18. The van der Waals surface area contributed by atoms with Gasteiger partial charge in [0, 0.05) is 36.6 Å². The number of rotatable bonds is 9. The van der Waals surface area contributed by atoms with Crippen molar-refractivity contribution in [2.45, 2.75) is 24.5 Å². The Morgan fingerprint density at radius 2 is 1.86 bits per heavy atom. The van der Waals surface area contributed by atoms with Gasteiger partial charge in [0.1, 0.15) is 36.1 Å². The zero-order valence-corrected chi connectivity index (χ0v) is 22.8. The molecule has 4 heterocycles. The van der Waals surface area contributed by atoms with Crippen molar-refractivity contribution in [3.63, 3.8) is 0 Å². The van der Waals surface area contributed by atoms with E-state index in [0.29, 0.717) is 16.6 Å². The molecule has 7 unspecified atom stereocenters. The van der Waals surface area contributed by atoms with Gasteiger partial charge in [-0.1, -0.05) is 6.07 Å². The van der Waals surface area contributed by atoms with Crippen molar-refractivity contribution in [2.75, 3.05) is 32.3 Å². The minimum absolute atomic E-state index is 0.227. The molecule has 0 saturated carbocycles. The van der Waals surface area contributed by atoms with Gasteiger partial charge in [0.25, 0.3) is 0 Å². The monoisotopic (exact) mass is 582 g/mol. The van der Waals surface area contributed by atoms with Crippen molar-refractivity contribution in [3.8, 4) is 10.4 Å². The summed E-state index contributed by atoms with van der Waals surface area (Å²) in [5.74, 6) is 0.227. The van der Waals surface area contributed by atoms with Gasteiger partial charge in [-0.15, -0.1) is 11.3 Å². The molecule has 1 fully saturated rings. The molecule has 14 nitrogen and oxygen atoms in total. The lowest BCUT2D eigenvalue weighted by Crippen LogP contribution is -2.33. The Hall–Kier alpha value is -1.47. The van der Waals surface area contributed by atoms with Crippen LogP contribution in [0.2, 0.25) is 0 Å². The molecular formula is C18H25N4O10P3S. The highest BCUT2D eigenvalue weighted by Crippen LogP contribution is 2.67. The van der Waals surface area contributed by atoms with E-state index in [1.807, 2.05) is 17.5 Å². The van der Waals surface area contributed by atoms with Crippen LogP contribution >= 0.6 is 34.1 Å². The first kappa shape index (κ1) is 27.6. The summed E-state index contributed by atoms with van der Waals surface area (Å²) in [7, 11) is -12.5. The number of hydrogen-bond donors (Lipinski definition) is 4. The summed E-state index contributed by atoms with van der Waals surface area (Å²) in [6, 6.07) is 3.75. The first-order valence-electron chi connectivity index (χ1n) is 10.4. The summed E-state index contributed by atoms with van der Waals surface area (Å²) >= 11 is 1.47. The van der Waals surface area contributed by atoms with Crippen molar-refractivity contribution in [1.29, 1.82) is 0 Å². The van der Waals surface area contributed by atoms with E-state index in [0.717, 1.165) is 24.9 Å². The van der Waals surface area contributed by atoms with Crippen LogP contribution in [0.25, 0.3) is 21.5 Å². The van der Waals surface area contributed by atoms with Gasteiger partial charge in [-0.05, 0) is 11.4 Å². The summed E-state index contributed by atoms with van der Waals surface area (Å²) in [5, 5.41) is 23.8. The minimum atomic E-state index is -4.22. The highest BCUT2D eigenvalue weighted by molar-refractivity contribution is 7.71. The maximum Gasteiger partial charge on any atom is 0.341 e. The van der Waals surface area contributed by atoms with E-state index in [-0.39, 0.29) is 5.82 Å². The van der Waals surface area contributed by atoms with Crippen LogP contribution in [0.4, 0.5) is 5.82 Å². The predicted molar refractivity (Wildman–Crippen MR) is 132 cm³/mol. The molecule has 3 aromatic rings. The van der Waals surface area contributed by atoms with Gasteiger partial charge in [-0.3, -0.25) is 13.7 Å². The van der Waals surface area contributed by atoms with Gasteiger partial charge in [-0.25, -0.2) is 18.6 Å². The highest BCUT2D eigenvalue weighted by atomic mass is 32.1. The molecule has 4 rings (SSSR count). The Morgan fingerprint density at radius 1 is 1.14 bits per heavy atom. The van der Waals surface area contributed by atoms with Crippen LogP contribution in [0.5, 0.6) is 0 Å². The van der Waals surface area contributed by atoms with Gasteiger partial charge >= 0.3 is 22.8 Å². The number of nitrogen functional groups attached to an aromatic ring is 1. The normalized spacial score (nSPS) is 27.5. The molecule has 7 atom stereocenters. The maximum atomic E-state index is 12.7. The smallest absolute Gasteiger partial charge is 0.341 e. The van der Waals surface area contributed by atoms with E-state index in [4.69, 9.17) is 19.3 Å².